The van der Waals surface area contributed by atoms with E-state index >= 15 is 0 Å². The highest BCUT2D eigenvalue weighted by molar-refractivity contribution is 5.79. The van der Waals surface area contributed by atoms with Gasteiger partial charge in [0.05, 0.1) is 23.6 Å². The monoisotopic (exact) mass is 229 g/mol. The molecule has 4 nitrogen and oxygen atoms in total. The van der Waals surface area contributed by atoms with Crippen LogP contribution in [-0.2, 0) is 4.74 Å². The SMILES string of the molecule is C=Cc1cc2cnn(C3CCCCO3)c2cn1. The number of hydrogen-bond acceptors (Lipinski definition) is 3. The lowest BCUT2D eigenvalue weighted by Crippen LogP contribution is -2.18. The van der Waals surface area contributed by atoms with Gasteiger partial charge >= 0.3 is 0 Å². The molecule has 1 unspecified atom stereocenters. The number of aromatic nitrogens is 3. The molecular formula is C13H15N3O. The smallest absolute Gasteiger partial charge is 0.150 e. The first-order valence-electron chi connectivity index (χ1n) is 5.96. The average Bonchev–Trinajstić information content (AvgIpc) is 2.82. The molecule has 2 aromatic heterocycles. The maximum absolute atomic E-state index is 5.74. The van der Waals surface area contributed by atoms with Gasteiger partial charge in [0.1, 0.15) is 0 Å². The molecule has 0 aliphatic carbocycles. The van der Waals surface area contributed by atoms with Crippen molar-refractivity contribution in [3.05, 3.63) is 30.7 Å². The van der Waals surface area contributed by atoms with Crippen molar-refractivity contribution in [2.75, 3.05) is 6.61 Å². The summed E-state index contributed by atoms with van der Waals surface area (Å²) in [6, 6.07) is 1.99. The third kappa shape index (κ3) is 1.85. The van der Waals surface area contributed by atoms with Crippen molar-refractivity contribution in [2.24, 2.45) is 0 Å². The molecular weight excluding hydrogens is 214 g/mol. The van der Waals surface area contributed by atoms with Gasteiger partial charge in [-0.2, -0.15) is 5.10 Å². The number of hydrogen-bond donors (Lipinski definition) is 0. The van der Waals surface area contributed by atoms with Crippen LogP contribution < -0.4 is 0 Å². The third-order valence-corrected chi connectivity index (χ3v) is 3.14. The second kappa shape index (κ2) is 4.30. The Morgan fingerprint density at radius 3 is 3.12 bits per heavy atom. The van der Waals surface area contributed by atoms with Gasteiger partial charge in [0.25, 0.3) is 0 Å². The summed E-state index contributed by atoms with van der Waals surface area (Å²) in [5.74, 6) is 0. The topological polar surface area (TPSA) is 39.9 Å². The van der Waals surface area contributed by atoms with Crippen LogP contribution in [0.1, 0.15) is 31.2 Å². The largest absolute Gasteiger partial charge is 0.356 e. The van der Waals surface area contributed by atoms with Crippen LogP contribution in [0.3, 0.4) is 0 Å². The highest BCUT2D eigenvalue weighted by Crippen LogP contribution is 2.25. The molecule has 0 N–H and O–H groups in total. The van der Waals surface area contributed by atoms with E-state index in [-0.39, 0.29) is 6.23 Å². The molecule has 17 heavy (non-hydrogen) atoms. The number of fused-ring (bicyclic) bond motifs is 1. The minimum Gasteiger partial charge on any atom is -0.356 e. The van der Waals surface area contributed by atoms with Crippen molar-refractivity contribution in [1.29, 1.82) is 0 Å². The molecule has 0 bridgehead atoms. The quantitative estimate of drug-likeness (QED) is 0.795. The minimum atomic E-state index is 0.0673. The molecule has 88 valence electrons. The lowest BCUT2D eigenvalue weighted by molar-refractivity contribution is -0.0367. The van der Waals surface area contributed by atoms with E-state index in [0.29, 0.717) is 0 Å². The lowest BCUT2D eigenvalue weighted by atomic mass is 10.2. The Balaban J connectivity index is 2.02. The van der Waals surface area contributed by atoms with Crippen molar-refractivity contribution < 1.29 is 4.74 Å². The van der Waals surface area contributed by atoms with Crippen LogP contribution in [0.5, 0.6) is 0 Å². The number of pyridine rings is 1. The fourth-order valence-electron chi connectivity index (χ4n) is 2.22. The van der Waals surface area contributed by atoms with Gasteiger partial charge in [-0.3, -0.25) is 4.98 Å². The molecule has 3 rings (SSSR count). The van der Waals surface area contributed by atoms with E-state index in [0.717, 1.165) is 36.0 Å². The van der Waals surface area contributed by atoms with Crippen LogP contribution in [0.2, 0.25) is 0 Å². The first-order valence-corrected chi connectivity index (χ1v) is 5.96. The van der Waals surface area contributed by atoms with E-state index in [9.17, 15) is 0 Å². The van der Waals surface area contributed by atoms with Gasteiger partial charge in [0.15, 0.2) is 6.23 Å². The second-order valence-corrected chi connectivity index (χ2v) is 4.28. The molecule has 1 fully saturated rings. The van der Waals surface area contributed by atoms with Crippen LogP contribution in [0, 0.1) is 0 Å². The second-order valence-electron chi connectivity index (χ2n) is 4.28. The van der Waals surface area contributed by atoms with E-state index in [1.807, 2.05) is 23.1 Å². The summed E-state index contributed by atoms with van der Waals surface area (Å²) >= 11 is 0. The van der Waals surface area contributed by atoms with Crippen molar-refractivity contribution in [1.82, 2.24) is 14.8 Å². The first-order chi connectivity index (χ1) is 8.38. The van der Waals surface area contributed by atoms with E-state index in [1.165, 1.54) is 6.42 Å². The molecule has 1 saturated heterocycles. The van der Waals surface area contributed by atoms with Gasteiger partial charge < -0.3 is 4.74 Å². The fraction of sp³-hybridized carbons (Fsp3) is 0.385. The van der Waals surface area contributed by atoms with E-state index in [2.05, 4.69) is 16.7 Å². The van der Waals surface area contributed by atoms with Crippen LogP contribution in [0.15, 0.2) is 25.0 Å². The van der Waals surface area contributed by atoms with Gasteiger partial charge in [0, 0.05) is 12.0 Å². The maximum Gasteiger partial charge on any atom is 0.150 e. The molecule has 0 saturated carbocycles. The van der Waals surface area contributed by atoms with E-state index in [1.54, 1.807) is 6.08 Å². The number of ether oxygens (including phenoxy) is 1. The maximum atomic E-state index is 5.74. The van der Waals surface area contributed by atoms with Crippen molar-refractivity contribution in [3.8, 4) is 0 Å². The summed E-state index contributed by atoms with van der Waals surface area (Å²) in [5, 5.41) is 5.50. The number of nitrogens with zero attached hydrogens (tertiary/aromatic N) is 3. The summed E-state index contributed by atoms with van der Waals surface area (Å²) in [7, 11) is 0. The molecule has 1 atom stereocenters. The fourth-order valence-corrected chi connectivity index (χ4v) is 2.22. The van der Waals surface area contributed by atoms with Crippen molar-refractivity contribution in [2.45, 2.75) is 25.5 Å². The zero-order valence-electron chi connectivity index (χ0n) is 9.67. The van der Waals surface area contributed by atoms with E-state index in [4.69, 9.17) is 4.74 Å². The van der Waals surface area contributed by atoms with Crippen LogP contribution in [-0.4, -0.2) is 21.4 Å². The minimum absolute atomic E-state index is 0.0673. The zero-order chi connectivity index (χ0) is 11.7. The predicted octanol–water partition coefficient (Wildman–Crippen LogP) is 2.77. The van der Waals surface area contributed by atoms with Gasteiger partial charge in [-0.1, -0.05) is 6.58 Å². The summed E-state index contributed by atoms with van der Waals surface area (Å²) in [6.45, 7) is 4.54. The predicted molar refractivity (Wildman–Crippen MR) is 66.5 cm³/mol. The van der Waals surface area contributed by atoms with Crippen LogP contribution in [0.25, 0.3) is 17.0 Å². The Bertz CT molecular complexity index is 541. The molecule has 0 aromatic carbocycles. The molecule has 3 heterocycles. The number of rotatable bonds is 2. The molecule has 0 spiro atoms. The Hall–Kier alpha value is -1.68. The van der Waals surface area contributed by atoms with Crippen molar-refractivity contribution in [3.63, 3.8) is 0 Å². The third-order valence-electron chi connectivity index (χ3n) is 3.14. The Kier molecular flexibility index (Phi) is 2.65. The first kappa shape index (κ1) is 10.5. The van der Waals surface area contributed by atoms with Crippen LogP contribution >= 0.6 is 0 Å². The highest BCUT2D eigenvalue weighted by atomic mass is 16.5. The van der Waals surface area contributed by atoms with E-state index < -0.39 is 0 Å². The average molecular weight is 229 g/mol. The normalized spacial score (nSPS) is 20.6. The summed E-state index contributed by atoms with van der Waals surface area (Å²) in [4.78, 5) is 4.32. The van der Waals surface area contributed by atoms with Crippen molar-refractivity contribution >= 4 is 17.0 Å². The molecule has 0 amide bonds. The van der Waals surface area contributed by atoms with Gasteiger partial charge in [-0.05, 0) is 31.4 Å². The van der Waals surface area contributed by atoms with Gasteiger partial charge in [-0.25, -0.2) is 4.68 Å². The Morgan fingerprint density at radius 1 is 1.41 bits per heavy atom. The molecule has 2 aromatic rings. The van der Waals surface area contributed by atoms with Gasteiger partial charge in [-0.15, -0.1) is 0 Å². The molecule has 4 heteroatoms. The lowest BCUT2D eigenvalue weighted by Gasteiger charge is -2.23. The Labute approximate surface area is 99.9 Å². The standard InChI is InChI=1S/C13H15N3O/c1-2-11-7-10-8-15-16(12(10)9-14-11)13-5-3-4-6-17-13/h2,7-9,13H,1,3-6H2. The highest BCUT2D eigenvalue weighted by Gasteiger charge is 2.18. The summed E-state index contributed by atoms with van der Waals surface area (Å²) < 4.78 is 7.68. The molecule has 1 aliphatic rings. The van der Waals surface area contributed by atoms with Gasteiger partial charge in [0.2, 0.25) is 0 Å². The van der Waals surface area contributed by atoms with Crippen LogP contribution in [0.4, 0.5) is 0 Å². The Morgan fingerprint density at radius 2 is 2.35 bits per heavy atom. The zero-order valence-corrected chi connectivity index (χ0v) is 9.67. The summed E-state index contributed by atoms with van der Waals surface area (Å²) in [5.41, 5.74) is 1.91. The molecule has 0 radical (unpaired) electrons. The summed E-state index contributed by atoms with van der Waals surface area (Å²) in [6.07, 6.45) is 8.89. The molecule has 1 aliphatic heterocycles.